The Kier molecular flexibility index (Phi) is 5.09. The molecule has 2 aromatic carbocycles. The van der Waals surface area contributed by atoms with E-state index in [1.807, 2.05) is 24.3 Å². The van der Waals surface area contributed by atoms with Crippen LogP contribution in [0.3, 0.4) is 0 Å². The molecule has 132 valence electrons. The summed E-state index contributed by atoms with van der Waals surface area (Å²) < 4.78 is 13.7. The zero-order chi connectivity index (χ0) is 18.7. The molecule has 26 heavy (non-hydrogen) atoms. The van der Waals surface area contributed by atoms with E-state index in [1.54, 1.807) is 0 Å². The minimum absolute atomic E-state index is 0.0586. The molecule has 2 radical (unpaired) electrons. The second-order valence-corrected chi connectivity index (χ2v) is 6.56. The number of nitrogen functional groups attached to an aromatic ring is 1. The molecule has 1 saturated heterocycles. The van der Waals surface area contributed by atoms with Crippen molar-refractivity contribution in [3.63, 3.8) is 0 Å². The molecular formula is C19H20BFN4O. The second-order valence-electron chi connectivity index (χ2n) is 6.56. The van der Waals surface area contributed by atoms with Crippen LogP contribution in [-0.4, -0.2) is 33.1 Å². The van der Waals surface area contributed by atoms with Crippen LogP contribution >= 0.6 is 0 Å². The van der Waals surface area contributed by atoms with Gasteiger partial charge in [-0.25, -0.2) is 4.39 Å². The molecule has 3 rings (SSSR count). The van der Waals surface area contributed by atoms with E-state index < -0.39 is 11.7 Å². The van der Waals surface area contributed by atoms with Crippen molar-refractivity contribution in [3.8, 4) is 0 Å². The fourth-order valence-corrected chi connectivity index (χ4v) is 3.15. The molecule has 0 bridgehead atoms. The number of nitrogens with one attached hydrogen (secondary N) is 1. The van der Waals surface area contributed by atoms with Crippen LogP contribution in [0.4, 0.5) is 15.8 Å². The topological polar surface area (TPSA) is 93.5 Å². The monoisotopic (exact) mass is 350 g/mol. The molecule has 5 nitrogen and oxygen atoms in total. The van der Waals surface area contributed by atoms with E-state index >= 15 is 0 Å². The van der Waals surface area contributed by atoms with E-state index in [9.17, 15) is 9.18 Å². The molecule has 0 aliphatic carbocycles. The van der Waals surface area contributed by atoms with Crippen LogP contribution in [0.5, 0.6) is 0 Å². The maximum absolute atomic E-state index is 13.7. The van der Waals surface area contributed by atoms with Crippen molar-refractivity contribution in [1.82, 2.24) is 5.32 Å². The van der Waals surface area contributed by atoms with E-state index in [0.29, 0.717) is 11.3 Å². The SMILES string of the molecule is [B]C1(c2ccc(N=Cc3cc(F)cc(C(N)=O)c3N)cc2)CCCNC1. The van der Waals surface area contributed by atoms with Gasteiger partial charge in [0.15, 0.2) is 0 Å². The minimum Gasteiger partial charge on any atom is -0.398 e. The molecule has 1 aliphatic heterocycles. The Morgan fingerprint density at radius 1 is 1.31 bits per heavy atom. The zero-order valence-electron chi connectivity index (χ0n) is 14.3. The average Bonchev–Trinajstić information content (AvgIpc) is 2.63. The first-order chi connectivity index (χ1) is 12.4. The number of anilines is 1. The maximum Gasteiger partial charge on any atom is 0.250 e. The summed E-state index contributed by atoms with van der Waals surface area (Å²) >= 11 is 0. The van der Waals surface area contributed by atoms with Gasteiger partial charge in [-0.15, -0.1) is 0 Å². The number of aliphatic imine (C=N–C) groups is 1. The highest BCUT2D eigenvalue weighted by Crippen LogP contribution is 2.29. The lowest BCUT2D eigenvalue weighted by Gasteiger charge is -2.35. The Hall–Kier alpha value is -2.67. The standard InChI is InChI=1S/C19H20BFN4O/c20-19(6-1-7-24-11-19)13-2-4-15(5-3-13)25-10-12-8-14(21)9-16(17(12)22)18(23)26/h2-5,8-10,24H,1,6-7,11,22H2,(H2,23,26). The number of primary amides is 1. The smallest absolute Gasteiger partial charge is 0.250 e. The third-order valence-corrected chi connectivity index (χ3v) is 4.65. The first-order valence-corrected chi connectivity index (χ1v) is 8.42. The van der Waals surface area contributed by atoms with Crippen LogP contribution in [0.1, 0.15) is 34.3 Å². The molecule has 1 atom stereocenters. The van der Waals surface area contributed by atoms with Crippen LogP contribution in [0.25, 0.3) is 0 Å². The predicted octanol–water partition coefficient (Wildman–Crippen LogP) is 2.00. The molecule has 1 aliphatic rings. The van der Waals surface area contributed by atoms with E-state index in [-0.39, 0.29) is 16.6 Å². The van der Waals surface area contributed by atoms with Crippen molar-refractivity contribution >= 4 is 31.3 Å². The minimum atomic E-state index is -0.782. The lowest BCUT2D eigenvalue weighted by Crippen LogP contribution is -2.43. The zero-order valence-corrected chi connectivity index (χ0v) is 14.3. The highest BCUT2D eigenvalue weighted by atomic mass is 19.1. The van der Waals surface area contributed by atoms with Crippen molar-refractivity contribution in [2.24, 2.45) is 10.7 Å². The van der Waals surface area contributed by atoms with Gasteiger partial charge in [0.2, 0.25) is 0 Å². The maximum atomic E-state index is 13.7. The Morgan fingerprint density at radius 3 is 2.65 bits per heavy atom. The summed E-state index contributed by atoms with van der Waals surface area (Å²) in [7, 11) is 6.47. The van der Waals surface area contributed by atoms with Gasteiger partial charge in [0.25, 0.3) is 5.91 Å². The number of carbonyl (C=O) groups excluding carboxylic acids is 1. The Bertz CT molecular complexity index is 845. The summed E-state index contributed by atoms with van der Waals surface area (Å²) in [5, 5.41) is 2.95. The van der Waals surface area contributed by atoms with Gasteiger partial charge < -0.3 is 16.8 Å². The molecular weight excluding hydrogens is 330 g/mol. The van der Waals surface area contributed by atoms with Gasteiger partial charge >= 0.3 is 0 Å². The Morgan fingerprint density at radius 2 is 2.04 bits per heavy atom. The van der Waals surface area contributed by atoms with Crippen molar-refractivity contribution in [1.29, 1.82) is 0 Å². The fourth-order valence-electron chi connectivity index (χ4n) is 3.15. The second kappa shape index (κ2) is 7.29. The average molecular weight is 350 g/mol. The summed E-state index contributed by atoms with van der Waals surface area (Å²) in [6.45, 7) is 1.73. The van der Waals surface area contributed by atoms with E-state index in [4.69, 9.17) is 19.3 Å². The number of halogens is 1. The van der Waals surface area contributed by atoms with Crippen molar-refractivity contribution in [2.45, 2.75) is 18.2 Å². The molecule has 5 N–H and O–H groups in total. The molecule has 1 unspecified atom stereocenters. The van der Waals surface area contributed by atoms with Gasteiger partial charge in [-0.3, -0.25) is 9.79 Å². The third-order valence-electron chi connectivity index (χ3n) is 4.65. The number of carbonyl (C=O) groups is 1. The number of nitrogens with zero attached hydrogens (tertiary/aromatic N) is 1. The van der Waals surface area contributed by atoms with Gasteiger partial charge in [0.1, 0.15) is 5.82 Å². The number of piperidine rings is 1. The molecule has 0 saturated carbocycles. The van der Waals surface area contributed by atoms with Crippen LogP contribution < -0.4 is 16.8 Å². The van der Waals surface area contributed by atoms with Gasteiger partial charge in [-0.1, -0.05) is 12.1 Å². The van der Waals surface area contributed by atoms with E-state index in [0.717, 1.165) is 37.6 Å². The molecule has 0 aromatic heterocycles. The lowest BCUT2D eigenvalue weighted by molar-refractivity contribution is 0.100. The summed E-state index contributed by atoms with van der Waals surface area (Å²) in [5.74, 6) is -1.38. The summed E-state index contributed by atoms with van der Waals surface area (Å²) in [4.78, 5) is 15.6. The molecule has 0 spiro atoms. The summed E-state index contributed by atoms with van der Waals surface area (Å²) in [6.07, 6.45) is 3.38. The van der Waals surface area contributed by atoms with Crippen LogP contribution in [-0.2, 0) is 5.31 Å². The van der Waals surface area contributed by atoms with Gasteiger partial charge in [0, 0.05) is 11.8 Å². The van der Waals surface area contributed by atoms with Crippen LogP contribution in [0, 0.1) is 5.82 Å². The van der Waals surface area contributed by atoms with E-state index in [2.05, 4.69) is 10.3 Å². The third kappa shape index (κ3) is 3.78. The van der Waals surface area contributed by atoms with Crippen molar-refractivity contribution in [2.75, 3.05) is 18.8 Å². The first-order valence-electron chi connectivity index (χ1n) is 8.42. The summed E-state index contributed by atoms with van der Waals surface area (Å²) in [5.41, 5.74) is 13.2. The molecule has 7 heteroatoms. The van der Waals surface area contributed by atoms with Crippen molar-refractivity contribution in [3.05, 3.63) is 58.9 Å². The molecule has 1 fully saturated rings. The van der Waals surface area contributed by atoms with Gasteiger partial charge in [0.05, 0.1) is 24.8 Å². The van der Waals surface area contributed by atoms with Crippen molar-refractivity contribution < 1.29 is 9.18 Å². The quantitative estimate of drug-likeness (QED) is 0.447. The lowest BCUT2D eigenvalue weighted by atomic mass is 9.60. The summed E-state index contributed by atoms with van der Waals surface area (Å²) in [6, 6.07) is 9.82. The van der Waals surface area contributed by atoms with E-state index in [1.165, 1.54) is 12.3 Å². The van der Waals surface area contributed by atoms with Crippen LogP contribution in [0.2, 0.25) is 0 Å². The highest BCUT2D eigenvalue weighted by molar-refractivity contribution is 6.16. The molecule has 1 amide bonds. The molecule has 2 aromatic rings. The first kappa shape index (κ1) is 18.1. The predicted molar refractivity (Wildman–Crippen MR) is 103 cm³/mol. The number of amides is 1. The highest BCUT2D eigenvalue weighted by Gasteiger charge is 2.27. The number of hydrogen-bond donors (Lipinski definition) is 3. The number of nitrogens with two attached hydrogens (primary N) is 2. The van der Waals surface area contributed by atoms with Crippen LogP contribution in [0.15, 0.2) is 41.4 Å². The molecule has 1 heterocycles. The number of benzene rings is 2. The van der Waals surface area contributed by atoms with Gasteiger partial charge in [-0.2, -0.15) is 0 Å². The fraction of sp³-hybridized carbons (Fsp3) is 0.263. The van der Waals surface area contributed by atoms with Gasteiger partial charge in [-0.05, 0) is 61.1 Å². The Labute approximate surface area is 153 Å². The number of hydrogen-bond acceptors (Lipinski definition) is 4. The number of rotatable bonds is 4. The Balaban J connectivity index is 1.82. The largest absolute Gasteiger partial charge is 0.398 e. The normalized spacial score (nSPS) is 20.3.